The van der Waals surface area contributed by atoms with Gasteiger partial charge >= 0.3 is 6.03 Å². The Morgan fingerprint density at radius 3 is 2.60 bits per heavy atom. The molecule has 5 nitrogen and oxygen atoms in total. The van der Waals surface area contributed by atoms with Gasteiger partial charge in [0, 0.05) is 6.54 Å². The minimum atomic E-state index is -0.984. The molecule has 0 bridgehead atoms. The van der Waals surface area contributed by atoms with E-state index in [0.717, 1.165) is 16.9 Å². The zero-order chi connectivity index (χ0) is 14.6. The predicted octanol–water partition coefficient (Wildman–Crippen LogP) is 2.15. The lowest BCUT2D eigenvalue weighted by Gasteiger charge is -2.26. The van der Waals surface area contributed by atoms with Crippen LogP contribution in [-0.2, 0) is 10.3 Å². The third kappa shape index (κ3) is 2.25. The van der Waals surface area contributed by atoms with Crippen LogP contribution < -0.4 is 5.32 Å². The number of rotatable bonds is 5. The van der Waals surface area contributed by atoms with Gasteiger partial charge in [-0.1, -0.05) is 43.7 Å². The average Bonchev–Trinajstić information content (AvgIpc) is 2.70. The number of nitriles is 1. The highest BCUT2D eigenvalue weighted by Gasteiger charge is 2.51. The molecule has 1 N–H and O–H groups in total. The van der Waals surface area contributed by atoms with Gasteiger partial charge in [0.2, 0.25) is 0 Å². The highest BCUT2D eigenvalue weighted by Crippen LogP contribution is 2.33. The molecule has 0 radical (unpaired) electrons. The zero-order valence-electron chi connectivity index (χ0n) is 11.4. The van der Waals surface area contributed by atoms with E-state index in [1.165, 1.54) is 0 Å². The third-order valence-corrected chi connectivity index (χ3v) is 3.51. The molecule has 1 aromatic rings. The van der Waals surface area contributed by atoms with Crippen molar-refractivity contribution in [2.75, 3.05) is 6.54 Å². The molecule has 0 aliphatic carbocycles. The van der Waals surface area contributed by atoms with E-state index in [1.807, 2.05) is 43.3 Å². The number of hydrogen-bond acceptors (Lipinski definition) is 3. The molecule has 1 saturated heterocycles. The monoisotopic (exact) mass is 271 g/mol. The van der Waals surface area contributed by atoms with Crippen molar-refractivity contribution >= 4 is 11.9 Å². The second-order valence-corrected chi connectivity index (χ2v) is 4.82. The molecular weight excluding hydrogens is 254 g/mol. The SMILES string of the molecule is CCC[C@]1(c2ccccc2)NC(=O)N(CCC#N)C1=O. The van der Waals surface area contributed by atoms with Crippen LogP contribution in [0.3, 0.4) is 0 Å². The predicted molar refractivity (Wildman–Crippen MR) is 73.5 cm³/mol. The summed E-state index contributed by atoms with van der Waals surface area (Å²) in [6.45, 7) is 2.11. The Kier molecular flexibility index (Phi) is 4.04. The summed E-state index contributed by atoms with van der Waals surface area (Å²) >= 11 is 0. The van der Waals surface area contributed by atoms with Gasteiger partial charge in [-0.3, -0.25) is 9.69 Å². The molecule has 20 heavy (non-hydrogen) atoms. The molecule has 2 rings (SSSR count). The Hall–Kier alpha value is -2.35. The fourth-order valence-electron chi connectivity index (χ4n) is 2.60. The minimum Gasteiger partial charge on any atom is -0.319 e. The number of nitrogens with zero attached hydrogens (tertiary/aromatic N) is 2. The second kappa shape index (κ2) is 5.74. The van der Waals surface area contributed by atoms with Crippen LogP contribution in [-0.4, -0.2) is 23.4 Å². The molecule has 0 spiro atoms. The summed E-state index contributed by atoms with van der Waals surface area (Å²) in [6, 6.07) is 10.8. The van der Waals surface area contributed by atoms with E-state index in [-0.39, 0.29) is 18.9 Å². The van der Waals surface area contributed by atoms with Crippen LogP contribution in [0, 0.1) is 11.3 Å². The van der Waals surface area contributed by atoms with Gasteiger partial charge < -0.3 is 5.32 Å². The first kappa shape index (κ1) is 14.1. The maximum Gasteiger partial charge on any atom is 0.325 e. The van der Waals surface area contributed by atoms with E-state index in [2.05, 4.69) is 5.32 Å². The van der Waals surface area contributed by atoms with Gasteiger partial charge in [-0.15, -0.1) is 0 Å². The van der Waals surface area contributed by atoms with Crippen molar-refractivity contribution in [1.29, 1.82) is 5.26 Å². The maximum absolute atomic E-state index is 12.7. The molecule has 1 aromatic carbocycles. The van der Waals surface area contributed by atoms with E-state index in [0.29, 0.717) is 6.42 Å². The lowest BCUT2D eigenvalue weighted by atomic mass is 9.85. The van der Waals surface area contributed by atoms with Crippen molar-refractivity contribution in [1.82, 2.24) is 10.2 Å². The largest absolute Gasteiger partial charge is 0.325 e. The highest BCUT2D eigenvalue weighted by molar-refractivity contribution is 6.07. The van der Waals surface area contributed by atoms with Crippen molar-refractivity contribution < 1.29 is 9.59 Å². The first-order chi connectivity index (χ1) is 9.65. The van der Waals surface area contributed by atoms with Crippen LogP contribution in [0.4, 0.5) is 4.79 Å². The van der Waals surface area contributed by atoms with E-state index < -0.39 is 11.6 Å². The summed E-state index contributed by atoms with van der Waals surface area (Å²) in [7, 11) is 0. The lowest BCUT2D eigenvalue weighted by molar-refractivity contribution is -0.131. The number of amides is 3. The Morgan fingerprint density at radius 1 is 1.30 bits per heavy atom. The molecular formula is C15H17N3O2. The second-order valence-electron chi connectivity index (χ2n) is 4.82. The van der Waals surface area contributed by atoms with Crippen LogP contribution >= 0.6 is 0 Å². The van der Waals surface area contributed by atoms with Crippen molar-refractivity contribution in [3.8, 4) is 6.07 Å². The van der Waals surface area contributed by atoms with Crippen LogP contribution in [0.1, 0.15) is 31.7 Å². The van der Waals surface area contributed by atoms with Crippen LogP contribution in [0.5, 0.6) is 0 Å². The fourth-order valence-corrected chi connectivity index (χ4v) is 2.60. The highest BCUT2D eigenvalue weighted by atomic mass is 16.2. The number of imide groups is 1. The normalized spacial score (nSPS) is 21.7. The standard InChI is InChI=1S/C15H17N3O2/c1-2-9-15(12-7-4-3-5-8-12)13(19)18(11-6-10-16)14(20)17-15/h3-5,7-8H,2,6,9,11H2,1H3,(H,17,20)/t15-/m1/s1. The summed E-state index contributed by atoms with van der Waals surface area (Å²) in [5.74, 6) is -0.259. The van der Waals surface area contributed by atoms with Crippen LogP contribution in [0.2, 0.25) is 0 Å². The topological polar surface area (TPSA) is 73.2 Å². The average molecular weight is 271 g/mol. The van der Waals surface area contributed by atoms with Gasteiger partial charge in [0.15, 0.2) is 0 Å². The van der Waals surface area contributed by atoms with Gasteiger partial charge in [-0.25, -0.2) is 4.79 Å². The number of benzene rings is 1. The van der Waals surface area contributed by atoms with Crippen molar-refractivity contribution in [3.05, 3.63) is 35.9 Å². The van der Waals surface area contributed by atoms with Gasteiger partial charge in [-0.2, -0.15) is 5.26 Å². The molecule has 1 atom stereocenters. The molecule has 0 aromatic heterocycles. The number of carbonyl (C=O) groups excluding carboxylic acids is 2. The maximum atomic E-state index is 12.7. The van der Waals surface area contributed by atoms with Gasteiger partial charge in [0.1, 0.15) is 5.54 Å². The number of hydrogen-bond donors (Lipinski definition) is 1. The Balaban J connectivity index is 2.38. The smallest absolute Gasteiger partial charge is 0.319 e. The zero-order valence-corrected chi connectivity index (χ0v) is 11.4. The molecule has 3 amide bonds. The van der Waals surface area contributed by atoms with Gasteiger partial charge in [0.25, 0.3) is 5.91 Å². The molecule has 0 saturated carbocycles. The molecule has 104 valence electrons. The van der Waals surface area contributed by atoms with E-state index in [4.69, 9.17) is 5.26 Å². The van der Waals surface area contributed by atoms with E-state index >= 15 is 0 Å². The molecule has 1 aliphatic heterocycles. The summed E-state index contributed by atoms with van der Waals surface area (Å²) in [6.07, 6.45) is 1.47. The summed E-state index contributed by atoms with van der Waals surface area (Å²) < 4.78 is 0. The quantitative estimate of drug-likeness (QED) is 0.834. The summed E-state index contributed by atoms with van der Waals surface area (Å²) in [5, 5.41) is 11.5. The van der Waals surface area contributed by atoms with Crippen LogP contribution in [0.15, 0.2) is 30.3 Å². The van der Waals surface area contributed by atoms with Crippen molar-refractivity contribution in [3.63, 3.8) is 0 Å². The van der Waals surface area contributed by atoms with E-state index in [9.17, 15) is 9.59 Å². The Bertz CT molecular complexity index is 550. The summed E-state index contributed by atoms with van der Waals surface area (Å²) in [4.78, 5) is 25.9. The first-order valence-electron chi connectivity index (χ1n) is 6.72. The van der Waals surface area contributed by atoms with Gasteiger partial charge in [-0.05, 0) is 12.0 Å². The molecule has 0 unspecified atom stereocenters. The van der Waals surface area contributed by atoms with Crippen molar-refractivity contribution in [2.45, 2.75) is 31.7 Å². The third-order valence-electron chi connectivity index (χ3n) is 3.51. The minimum absolute atomic E-state index is 0.138. The molecule has 5 heteroatoms. The molecule has 1 heterocycles. The molecule has 1 fully saturated rings. The van der Waals surface area contributed by atoms with E-state index in [1.54, 1.807) is 0 Å². The Labute approximate surface area is 118 Å². The summed E-state index contributed by atoms with van der Waals surface area (Å²) in [5.41, 5.74) is -0.192. The Morgan fingerprint density at radius 2 is 2.00 bits per heavy atom. The number of nitrogens with one attached hydrogen (secondary N) is 1. The number of urea groups is 1. The number of carbonyl (C=O) groups is 2. The van der Waals surface area contributed by atoms with Crippen LogP contribution in [0.25, 0.3) is 0 Å². The fraction of sp³-hybridized carbons (Fsp3) is 0.400. The van der Waals surface area contributed by atoms with Gasteiger partial charge in [0.05, 0.1) is 12.5 Å². The first-order valence-corrected chi connectivity index (χ1v) is 6.72. The lowest BCUT2D eigenvalue weighted by Crippen LogP contribution is -2.44. The van der Waals surface area contributed by atoms with Crippen molar-refractivity contribution in [2.24, 2.45) is 0 Å². The molecule has 1 aliphatic rings.